The summed E-state index contributed by atoms with van der Waals surface area (Å²) in [6, 6.07) is 3.72. The van der Waals surface area contributed by atoms with Crippen molar-refractivity contribution in [1.29, 1.82) is 5.26 Å². The first-order valence-corrected chi connectivity index (χ1v) is 4.42. The van der Waals surface area contributed by atoms with E-state index in [4.69, 9.17) is 5.26 Å². The van der Waals surface area contributed by atoms with Crippen molar-refractivity contribution in [1.82, 2.24) is 0 Å². The molecular weight excluding hydrogens is 186 g/mol. The van der Waals surface area contributed by atoms with E-state index in [1.54, 1.807) is 11.4 Å². The highest BCUT2D eigenvalue weighted by Crippen LogP contribution is 2.18. The van der Waals surface area contributed by atoms with Crippen molar-refractivity contribution in [2.45, 2.75) is 6.42 Å². The van der Waals surface area contributed by atoms with Crippen molar-refractivity contribution >= 4 is 17.3 Å². The van der Waals surface area contributed by atoms with Gasteiger partial charge in [-0.05, 0) is 17.0 Å². The average Bonchev–Trinajstić information content (AvgIpc) is 2.54. The Hall–Kier alpha value is -1.60. The molecule has 0 aliphatic rings. The van der Waals surface area contributed by atoms with Gasteiger partial charge < -0.3 is 4.74 Å². The number of esters is 1. The largest absolute Gasteiger partial charge is 0.431 e. The van der Waals surface area contributed by atoms with Crippen LogP contribution in [0.1, 0.15) is 15.2 Å². The first-order chi connectivity index (χ1) is 6.29. The summed E-state index contributed by atoms with van der Waals surface area (Å²) in [6.07, 6.45) is 1.31. The van der Waals surface area contributed by atoms with Gasteiger partial charge in [0.25, 0.3) is 0 Å². The Kier molecular flexibility index (Phi) is 3.23. The second-order valence-corrected chi connectivity index (χ2v) is 3.10. The molecule has 4 heteroatoms. The van der Waals surface area contributed by atoms with Gasteiger partial charge in [-0.2, -0.15) is 5.26 Å². The Morgan fingerprint density at radius 3 is 3.23 bits per heavy atom. The zero-order valence-corrected chi connectivity index (χ0v) is 7.63. The van der Waals surface area contributed by atoms with Gasteiger partial charge in [0.15, 0.2) is 0 Å². The van der Waals surface area contributed by atoms with Crippen molar-refractivity contribution in [2.75, 3.05) is 0 Å². The van der Waals surface area contributed by atoms with Gasteiger partial charge in [0.1, 0.15) is 4.88 Å². The van der Waals surface area contributed by atoms with E-state index in [9.17, 15) is 4.79 Å². The average molecular weight is 193 g/mol. The van der Waals surface area contributed by atoms with Crippen LogP contribution < -0.4 is 0 Å². The Morgan fingerprint density at radius 2 is 2.62 bits per heavy atom. The third kappa shape index (κ3) is 2.17. The molecule has 66 valence electrons. The van der Waals surface area contributed by atoms with E-state index in [2.05, 4.69) is 11.3 Å². The van der Waals surface area contributed by atoms with Gasteiger partial charge in [0.05, 0.1) is 18.8 Å². The number of ether oxygens (including phenoxy) is 1. The number of carbonyl (C=O) groups excluding carboxylic acids is 1. The molecule has 0 radical (unpaired) electrons. The predicted molar refractivity (Wildman–Crippen MR) is 49.2 cm³/mol. The number of hydrogen-bond acceptors (Lipinski definition) is 4. The van der Waals surface area contributed by atoms with Crippen molar-refractivity contribution in [2.24, 2.45) is 0 Å². The number of thiophene rings is 1. The topological polar surface area (TPSA) is 50.1 Å². The summed E-state index contributed by atoms with van der Waals surface area (Å²) in [7, 11) is 0. The normalized spacial score (nSPS) is 8.85. The minimum atomic E-state index is -0.449. The third-order valence-corrected chi connectivity index (χ3v) is 2.33. The van der Waals surface area contributed by atoms with Crippen LogP contribution in [0, 0.1) is 11.3 Å². The highest BCUT2D eigenvalue weighted by Gasteiger charge is 2.12. The molecule has 0 N–H and O–H groups in total. The molecule has 0 saturated carbocycles. The molecule has 0 amide bonds. The lowest BCUT2D eigenvalue weighted by Crippen LogP contribution is -2.00. The second-order valence-electron chi connectivity index (χ2n) is 2.18. The summed E-state index contributed by atoms with van der Waals surface area (Å²) >= 11 is 1.26. The molecule has 0 saturated heterocycles. The lowest BCUT2D eigenvalue weighted by Gasteiger charge is -1.96. The highest BCUT2D eigenvalue weighted by atomic mass is 32.1. The molecule has 0 atom stereocenters. The van der Waals surface area contributed by atoms with Gasteiger partial charge in [-0.3, -0.25) is 0 Å². The smallest absolute Gasteiger partial charge is 0.353 e. The lowest BCUT2D eigenvalue weighted by atomic mass is 10.2. The van der Waals surface area contributed by atoms with Gasteiger partial charge in [0.2, 0.25) is 0 Å². The number of rotatable bonds is 3. The standard InChI is InChI=1S/C9H7NO2S/c1-2-12-9(11)8-7(3-5-10)4-6-13-8/h2,4,6H,1,3H2. The summed E-state index contributed by atoms with van der Waals surface area (Å²) in [4.78, 5) is 11.7. The fourth-order valence-electron chi connectivity index (χ4n) is 0.868. The van der Waals surface area contributed by atoms with Crippen molar-refractivity contribution in [3.05, 3.63) is 34.7 Å². The van der Waals surface area contributed by atoms with Crippen LogP contribution in [0.4, 0.5) is 0 Å². The van der Waals surface area contributed by atoms with Crippen LogP contribution >= 0.6 is 11.3 Å². The molecule has 1 heterocycles. The molecule has 1 aromatic heterocycles. The molecule has 1 rings (SSSR count). The first-order valence-electron chi connectivity index (χ1n) is 3.54. The van der Waals surface area contributed by atoms with Gasteiger partial charge in [0, 0.05) is 0 Å². The van der Waals surface area contributed by atoms with Crippen molar-refractivity contribution in [3.63, 3.8) is 0 Å². The SMILES string of the molecule is C=COC(=O)c1sccc1CC#N. The predicted octanol–water partition coefficient (Wildman–Crippen LogP) is 2.11. The van der Waals surface area contributed by atoms with Crippen LogP contribution in [0.15, 0.2) is 24.3 Å². The Labute approximate surface area is 79.9 Å². The van der Waals surface area contributed by atoms with E-state index in [0.717, 1.165) is 6.26 Å². The summed E-state index contributed by atoms with van der Waals surface area (Å²) in [5, 5.41) is 10.2. The molecule has 3 nitrogen and oxygen atoms in total. The van der Waals surface area contributed by atoms with Crippen LogP contribution in [0.3, 0.4) is 0 Å². The number of nitriles is 1. The molecule has 1 aromatic rings. The first kappa shape index (κ1) is 9.49. The Balaban J connectivity index is 2.87. The molecule has 0 bridgehead atoms. The highest BCUT2D eigenvalue weighted by molar-refractivity contribution is 7.12. The van der Waals surface area contributed by atoms with E-state index in [-0.39, 0.29) is 6.42 Å². The number of hydrogen-bond donors (Lipinski definition) is 0. The third-order valence-electron chi connectivity index (χ3n) is 1.39. The van der Waals surface area contributed by atoms with Crippen LogP contribution in [0.2, 0.25) is 0 Å². The van der Waals surface area contributed by atoms with E-state index in [0.29, 0.717) is 10.4 Å². The summed E-state index contributed by atoms with van der Waals surface area (Å²) in [5.74, 6) is -0.449. The van der Waals surface area contributed by atoms with Crippen LogP contribution in [-0.4, -0.2) is 5.97 Å². The minimum Gasteiger partial charge on any atom is -0.431 e. The fourth-order valence-corrected chi connectivity index (χ4v) is 1.67. The van der Waals surface area contributed by atoms with Crippen LogP contribution in [-0.2, 0) is 11.2 Å². The Morgan fingerprint density at radius 1 is 1.85 bits per heavy atom. The number of nitrogens with zero attached hydrogens (tertiary/aromatic N) is 1. The summed E-state index contributed by atoms with van der Waals surface area (Å²) in [5.41, 5.74) is 0.708. The van der Waals surface area contributed by atoms with E-state index in [1.807, 2.05) is 6.07 Å². The van der Waals surface area contributed by atoms with Gasteiger partial charge in [-0.15, -0.1) is 11.3 Å². The van der Waals surface area contributed by atoms with Crippen LogP contribution in [0.25, 0.3) is 0 Å². The maximum atomic E-state index is 11.2. The Bertz CT molecular complexity index is 362. The van der Waals surface area contributed by atoms with Crippen molar-refractivity contribution < 1.29 is 9.53 Å². The summed E-state index contributed by atoms with van der Waals surface area (Å²) < 4.78 is 4.60. The molecular formula is C9H7NO2S. The van der Waals surface area contributed by atoms with E-state index >= 15 is 0 Å². The molecule has 13 heavy (non-hydrogen) atoms. The fraction of sp³-hybridized carbons (Fsp3) is 0.111. The molecule has 0 aromatic carbocycles. The molecule has 0 aliphatic heterocycles. The van der Waals surface area contributed by atoms with Gasteiger partial charge in [-0.25, -0.2) is 4.79 Å². The van der Waals surface area contributed by atoms with Gasteiger partial charge in [-0.1, -0.05) is 6.58 Å². The molecule has 0 unspecified atom stereocenters. The molecule has 0 fully saturated rings. The van der Waals surface area contributed by atoms with Crippen molar-refractivity contribution in [3.8, 4) is 6.07 Å². The maximum absolute atomic E-state index is 11.2. The molecule has 0 aliphatic carbocycles. The maximum Gasteiger partial charge on any atom is 0.353 e. The van der Waals surface area contributed by atoms with Gasteiger partial charge >= 0.3 is 5.97 Å². The minimum absolute atomic E-state index is 0.227. The molecule has 0 spiro atoms. The van der Waals surface area contributed by atoms with E-state index in [1.165, 1.54) is 11.3 Å². The zero-order valence-electron chi connectivity index (χ0n) is 6.82. The van der Waals surface area contributed by atoms with E-state index < -0.39 is 5.97 Å². The number of carbonyl (C=O) groups is 1. The quantitative estimate of drug-likeness (QED) is 0.545. The summed E-state index contributed by atoms with van der Waals surface area (Å²) in [6.45, 7) is 3.28. The zero-order chi connectivity index (χ0) is 9.68. The second kappa shape index (κ2) is 4.43. The monoisotopic (exact) mass is 193 g/mol. The lowest BCUT2D eigenvalue weighted by molar-refractivity contribution is 0.0668. The van der Waals surface area contributed by atoms with Crippen LogP contribution in [0.5, 0.6) is 0 Å².